The smallest absolute Gasteiger partial charge is 0.356 e. The van der Waals surface area contributed by atoms with E-state index >= 15 is 0 Å². The van der Waals surface area contributed by atoms with Crippen LogP contribution in [0.2, 0.25) is 0 Å². The predicted octanol–water partition coefficient (Wildman–Crippen LogP) is 1.32. The van der Waals surface area contributed by atoms with Gasteiger partial charge in [-0.25, -0.2) is 14.3 Å². The van der Waals surface area contributed by atoms with Crippen molar-refractivity contribution in [2.45, 2.75) is 6.92 Å². The molecule has 0 bridgehead atoms. The molecule has 7 nitrogen and oxygen atoms in total. The van der Waals surface area contributed by atoms with Crippen molar-refractivity contribution in [3.8, 4) is 11.6 Å². The van der Waals surface area contributed by atoms with Crippen LogP contribution in [0.1, 0.15) is 16.2 Å². The van der Waals surface area contributed by atoms with E-state index in [1.54, 1.807) is 19.1 Å². The molecule has 0 aliphatic carbocycles. The number of furan rings is 1. The number of rotatable bonds is 2. The zero-order chi connectivity index (χ0) is 12.0. The molecule has 0 radical (unpaired) electrons. The van der Waals surface area contributed by atoms with E-state index < -0.39 is 5.97 Å². The lowest BCUT2D eigenvalue weighted by Crippen LogP contribution is -2.04. The monoisotopic (exact) mass is 232 g/mol. The van der Waals surface area contributed by atoms with Crippen LogP contribution in [0.5, 0.6) is 0 Å². The highest BCUT2D eigenvalue weighted by Gasteiger charge is 2.19. The molecule has 3 aromatic heterocycles. The zero-order valence-electron chi connectivity index (χ0n) is 8.84. The Morgan fingerprint density at radius 3 is 3.00 bits per heavy atom. The highest BCUT2D eigenvalue weighted by Crippen LogP contribution is 2.18. The lowest BCUT2D eigenvalue weighted by molar-refractivity contribution is 0.0687. The third kappa shape index (κ3) is 1.32. The molecule has 0 aliphatic rings. The zero-order valence-corrected chi connectivity index (χ0v) is 8.84. The Labute approximate surface area is 94.7 Å². The molecule has 0 saturated heterocycles. The Hall–Kier alpha value is -2.57. The number of aryl methyl sites for hydroxylation is 1. The van der Waals surface area contributed by atoms with Gasteiger partial charge in [0.15, 0.2) is 17.3 Å². The van der Waals surface area contributed by atoms with Crippen molar-refractivity contribution in [1.29, 1.82) is 0 Å². The van der Waals surface area contributed by atoms with Gasteiger partial charge >= 0.3 is 5.97 Å². The molecule has 0 saturated carbocycles. The molecule has 0 aliphatic heterocycles. The van der Waals surface area contributed by atoms with E-state index in [2.05, 4.69) is 15.1 Å². The van der Waals surface area contributed by atoms with Gasteiger partial charge < -0.3 is 9.52 Å². The van der Waals surface area contributed by atoms with Gasteiger partial charge in [0.1, 0.15) is 0 Å². The molecule has 0 fully saturated rings. The van der Waals surface area contributed by atoms with Gasteiger partial charge in [0, 0.05) is 0 Å². The minimum Gasteiger partial charge on any atom is -0.476 e. The Morgan fingerprint density at radius 1 is 1.53 bits per heavy atom. The lowest BCUT2D eigenvalue weighted by Gasteiger charge is -1.92. The normalized spacial score (nSPS) is 11.1. The van der Waals surface area contributed by atoms with E-state index in [-0.39, 0.29) is 5.69 Å². The van der Waals surface area contributed by atoms with E-state index in [9.17, 15) is 4.79 Å². The van der Waals surface area contributed by atoms with Crippen LogP contribution >= 0.6 is 0 Å². The Bertz CT molecular complexity index is 693. The van der Waals surface area contributed by atoms with Gasteiger partial charge in [0.25, 0.3) is 5.78 Å². The highest BCUT2D eigenvalue weighted by molar-refractivity contribution is 5.87. The molecule has 0 aromatic carbocycles. The summed E-state index contributed by atoms with van der Waals surface area (Å²) in [6, 6.07) is 3.45. The van der Waals surface area contributed by atoms with Gasteiger partial charge in [0.05, 0.1) is 12.0 Å². The second-order valence-electron chi connectivity index (χ2n) is 3.54. The first-order valence-corrected chi connectivity index (χ1v) is 4.89. The quantitative estimate of drug-likeness (QED) is 0.694. The number of fused-ring (bicyclic) bond motifs is 1. The number of hydrogen-bond acceptors (Lipinski definition) is 4. The Morgan fingerprint density at radius 2 is 2.35 bits per heavy atom. The van der Waals surface area contributed by atoms with E-state index in [4.69, 9.17) is 9.52 Å². The first-order valence-electron chi connectivity index (χ1n) is 4.89. The summed E-state index contributed by atoms with van der Waals surface area (Å²) >= 11 is 0. The maximum atomic E-state index is 11.1. The van der Waals surface area contributed by atoms with Gasteiger partial charge in [-0.05, 0) is 19.1 Å². The third-order valence-electron chi connectivity index (χ3n) is 2.42. The summed E-state index contributed by atoms with van der Waals surface area (Å²) in [6.45, 7) is 1.62. The lowest BCUT2D eigenvalue weighted by atomic mass is 10.3. The van der Waals surface area contributed by atoms with E-state index in [1.165, 1.54) is 10.8 Å². The summed E-state index contributed by atoms with van der Waals surface area (Å²) < 4.78 is 6.50. The molecule has 3 rings (SSSR count). The van der Waals surface area contributed by atoms with Crippen molar-refractivity contribution >= 4 is 11.7 Å². The molecule has 86 valence electrons. The number of hydrogen-bond donors (Lipinski definition) is 2. The Balaban J connectivity index is 2.24. The van der Waals surface area contributed by atoms with Crippen LogP contribution in [0.15, 0.2) is 22.8 Å². The highest BCUT2D eigenvalue weighted by atomic mass is 16.4. The summed E-state index contributed by atoms with van der Waals surface area (Å²) in [4.78, 5) is 19.3. The van der Waals surface area contributed by atoms with Crippen LogP contribution in [0.4, 0.5) is 0 Å². The number of aromatic carboxylic acids is 1. The standard InChI is InChI=1S/C10H8N4O3/c1-5-7(9(15)16)14-10(11-5)12-8(13-14)6-3-2-4-17-6/h2-4H,1H3,(H,15,16)(H,11,12,13). The van der Waals surface area contributed by atoms with E-state index in [0.29, 0.717) is 23.1 Å². The molecular weight excluding hydrogens is 224 g/mol. The van der Waals surface area contributed by atoms with Crippen LogP contribution in [-0.4, -0.2) is 30.7 Å². The molecule has 3 heterocycles. The molecule has 2 N–H and O–H groups in total. The van der Waals surface area contributed by atoms with Crippen molar-refractivity contribution < 1.29 is 14.3 Å². The summed E-state index contributed by atoms with van der Waals surface area (Å²) in [5.41, 5.74) is 0.493. The second-order valence-corrected chi connectivity index (χ2v) is 3.54. The largest absolute Gasteiger partial charge is 0.476 e. The van der Waals surface area contributed by atoms with Crippen molar-refractivity contribution in [2.24, 2.45) is 0 Å². The maximum Gasteiger partial charge on any atom is 0.356 e. The molecule has 0 amide bonds. The average Bonchev–Trinajstić information content (AvgIpc) is 2.88. The van der Waals surface area contributed by atoms with Crippen LogP contribution in [0.25, 0.3) is 17.4 Å². The molecule has 7 heteroatoms. The van der Waals surface area contributed by atoms with Crippen molar-refractivity contribution in [1.82, 2.24) is 19.6 Å². The number of aromatic amines is 1. The summed E-state index contributed by atoms with van der Waals surface area (Å²) in [7, 11) is 0. The fourth-order valence-corrected chi connectivity index (χ4v) is 1.70. The number of H-pyrrole nitrogens is 1. The average molecular weight is 232 g/mol. The van der Waals surface area contributed by atoms with Crippen LogP contribution in [0.3, 0.4) is 0 Å². The van der Waals surface area contributed by atoms with Crippen LogP contribution < -0.4 is 0 Å². The SMILES string of the molecule is Cc1nc2nc(-c3ccco3)[nH]n2c1C(=O)O. The Kier molecular flexibility index (Phi) is 1.82. The molecule has 3 aromatic rings. The van der Waals surface area contributed by atoms with Crippen molar-refractivity contribution in [3.05, 3.63) is 29.8 Å². The molecule has 0 atom stereocenters. The number of carboxylic acid groups (broad SMARTS) is 1. The topological polar surface area (TPSA) is 96.4 Å². The fraction of sp³-hybridized carbons (Fsp3) is 0.100. The molecule has 0 spiro atoms. The van der Waals surface area contributed by atoms with Gasteiger partial charge in [-0.2, -0.15) is 4.98 Å². The minimum absolute atomic E-state index is 0.0744. The fourth-order valence-electron chi connectivity index (χ4n) is 1.70. The van der Waals surface area contributed by atoms with Gasteiger partial charge in [0.2, 0.25) is 0 Å². The van der Waals surface area contributed by atoms with Gasteiger partial charge in [-0.3, -0.25) is 5.10 Å². The van der Waals surface area contributed by atoms with Gasteiger partial charge in [-0.15, -0.1) is 0 Å². The first kappa shape index (κ1) is 9.64. The number of nitrogens with one attached hydrogen (secondary N) is 1. The summed E-state index contributed by atoms with van der Waals surface area (Å²) in [5, 5.41) is 11.9. The first-order chi connectivity index (χ1) is 8.16. The second kappa shape index (κ2) is 3.21. The molecular formula is C10H8N4O3. The number of nitrogens with zero attached hydrogens (tertiary/aromatic N) is 3. The summed E-state index contributed by atoms with van der Waals surface area (Å²) in [6.07, 6.45) is 1.52. The number of carbonyl (C=O) groups is 1. The summed E-state index contributed by atoms with van der Waals surface area (Å²) in [5.74, 6) is 0.237. The predicted molar refractivity (Wildman–Crippen MR) is 56.7 cm³/mol. The molecule has 17 heavy (non-hydrogen) atoms. The van der Waals surface area contributed by atoms with Crippen molar-refractivity contribution in [3.63, 3.8) is 0 Å². The van der Waals surface area contributed by atoms with Crippen LogP contribution in [-0.2, 0) is 0 Å². The van der Waals surface area contributed by atoms with Crippen LogP contribution in [0, 0.1) is 6.92 Å². The third-order valence-corrected chi connectivity index (χ3v) is 2.42. The van der Waals surface area contributed by atoms with Gasteiger partial charge in [-0.1, -0.05) is 0 Å². The van der Waals surface area contributed by atoms with E-state index in [1.807, 2.05) is 0 Å². The minimum atomic E-state index is -1.05. The van der Waals surface area contributed by atoms with E-state index in [0.717, 1.165) is 0 Å². The molecule has 0 unspecified atom stereocenters. The number of aromatic nitrogens is 4. The number of imidazole rings is 1. The maximum absolute atomic E-state index is 11.1. The van der Waals surface area contributed by atoms with Crippen molar-refractivity contribution in [2.75, 3.05) is 0 Å². The number of carboxylic acids is 1.